The lowest BCUT2D eigenvalue weighted by Gasteiger charge is -2.41. The molecule has 2 fully saturated rings. The van der Waals surface area contributed by atoms with E-state index in [1.165, 1.54) is 11.3 Å². The van der Waals surface area contributed by atoms with Gasteiger partial charge in [-0.1, -0.05) is 43.9 Å². The highest BCUT2D eigenvalue weighted by Crippen LogP contribution is 2.30. The molecule has 1 aromatic rings. The summed E-state index contributed by atoms with van der Waals surface area (Å²) in [7, 11) is 0. The van der Waals surface area contributed by atoms with Gasteiger partial charge in [-0.15, -0.1) is 0 Å². The molecule has 1 aliphatic carbocycles. The van der Waals surface area contributed by atoms with Crippen molar-refractivity contribution in [2.45, 2.75) is 83.3 Å². The third-order valence-electron chi connectivity index (χ3n) is 6.39. The normalized spacial score (nSPS) is 21.1. The number of urea groups is 1. The average molecular weight is 429 g/mol. The Hall–Kier alpha value is -2.90. The minimum atomic E-state index is -1.14. The van der Waals surface area contributed by atoms with E-state index in [2.05, 4.69) is 16.0 Å². The Bertz CT molecular complexity index is 848. The van der Waals surface area contributed by atoms with E-state index >= 15 is 0 Å². The first-order valence-corrected chi connectivity index (χ1v) is 11.1. The van der Waals surface area contributed by atoms with Crippen molar-refractivity contribution in [2.75, 3.05) is 4.90 Å². The lowest BCUT2D eigenvalue weighted by Crippen LogP contribution is -2.61. The van der Waals surface area contributed by atoms with Gasteiger partial charge < -0.3 is 10.6 Å². The zero-order chi connectivity index (χ0) is 22.6. The van der Waals surface area contributed by atoms with E-state index in [0.717, 1.165) is 31.2 Å². The fourth-order valence-electron chi connectivity index (χ4n) is 4.27. The predicted molar refractivity (Wildman–Crippen MR) is 117 cm³/mol. The first kappa shape index (κ1) is 22.8. The maximum absolute atomic E-state index is 13.5. The molecule has 1 aromatic carbocycles. The highest BCUT2D eigenvalue weighted by molar-refractivity contribution is 6.09. The molecule has 1 saturated heterocycles. The highest BCUT2D eigenvalue weighted by atomic mass is 16.2. The number of nitrogens with zero attached hydrogens (tertiary/aromatic N) is 1. The van der Waals surface area contributed by atoms with Crippen LogP contribution in [0.4, 0.5) is 10.5 Å². The lowest BCUT2D eigenvalue weighted by atomic mass is 9.90. The van der Waals surface area contributed by atoms with Crippen molar-refractivity contribution in [1.29, 1.82) is 0 Å². The molecule has 1 aliphatic heterocycles. The van der Waals surface area contributed by atoms with Crippen molar-refractivity contribution >= 4 is 29.4 Å². The van der Waals surface area contributed by atoms with Crippen LogP contribution in [0.2, 0.25) is 0 Å². The summed E-state index contributed by atoms with van der Waals surface area (Å²) in [5.74, 6) is -1.13. The van der Waals surface area contributed by atoms with Crippen LogP contribution in [0.15, 0.2) is 24.3 Å². The summed E-state index contributed by atoms with van der Waals surface area (Å²) in [4.78, 5) is 51.9. The van der Waals surface area contributed by atoms with Gasteiger partial charge in [-0.05, 0) is 45.2 Å². The molecular formula is C23H32N4O4. The van der Waals surface area contributed by atoms with Crippen LogP contribution in [-0.4, -0.2) is 41.4 Å². The molecule has 3 rings (SSSR count). The summed E-state index contributed by atoms with van der Waals surface area (Å²) in [6, 6.07) is 5.93. The number of nitrogens with one attached hydrogen (secondary N) is 3. The fourth-order valence-corrected chi connectivity index (χ4v) is 4.27. The number of carbonyl (C=O) groups excluding carboxylic acids is 4. The number of anilines is 1. The van der Waals surface area contributed by atoms with E-state index in [9.17, 15) is 19.2 Å². The monoisotopic (exact) mass is 428 g/mol. The van der Waals surface area contributed by atoms with Gasteiger partial charge in [0.05, 0.1) is 6.42 Å². The standard InChI is InChI=1S/C23H32N4O4/c1-4-23(3,21(30)24-16-8-6-5-7-9-16)27(17-12-10-15(2)11-13-17)19(28)14-18-20(29)26-22(31)25-18/h10-13,16,18H,4-9,14H2,1-3H3,(H,24,30)(H2,25,26,29,31)/t18-,23-/m0/s1. The third kappa shape index (κ3) is 5.06. The third-order valence-corrected chi connectivity index (χ3v) is 6.39. The molecule has 3 N–H and O–H groups in total. The molecule has 168 valence electrons. The number of rotatable bonds is 7. The van der Waals surface area contributed by atoms with Crippen molar-refractivity contribution in [3.05, 3.63) is 29.8 Å². The maximum Gasteiger partial charge on any atom is 0.322 e. The van der Waals surface area contributed by atoms with Crippen molar-refractivity contribution in [2.24, 2.45) is 0 Å². The van der Waals surface area contributed by atoms with E-state index in [4.69, 9.17) is 0 Å². The number of hydrogen-bond donors (Lipinski definition) is 3. The molecule has 0 unspecified atom stereocenters. The van der Waals surface area contributed by atoms with Gasteiger partial charge in [0.25, 0.3) is 5.91 Å². The van der Waals surface area contributed by atoms with Crippen LogP contribution < -0.4 is 20.9 Å². The summed E-state index contributed by atoms with van der Waals surface area (Å²) in [6.45, 7) is 5.58. The number of aryl methyl sites for hydroxylation is 1. The molecule has 1 saturated carbocycles. The van der Waals surface area contributed by atoms with Crippen molar-refractivity contribution in [3.8, 4) is 0 Å². The zero-order valence-corrected chi connectivity index (χ0v) is 18.5. The van der Waals surface area contributed by atoms with E-state index in [0.29, 0.717) is 12.1 Å². The Morgan fingerprint density at radius 3 is 2.32 bits per heavy atom. The fraction of sp³-hybridized carbons (Fsp3) is 0.565. The number of benzene rings is 1. The Morgan fingerprint density at radius 1 is 1.13 bits per heavy atom. The minimum absolute atomic E-state index is 0.113. The van der Waals surface area contributed by atoms with Gasteiger partial charge in [-0.25, -0.2) is 4.79 Å². The molecule has 5 amide bonds. The molecule has 0 radical (unpaired) electrons. The van der Waals surface area contributed by atoms with Crippen LogP contribution >= 0.6 is 0 Å². The molecule has 1 heterocycles. The van der Waals surface area contributed by atoms with Crippen LogP contribution in [0.1, 0.15) is 64.4 Å². The SMILES string of the molecule is CC[C@@](C)(C(=O)NC1CCCCC1)N(C(=O)C[C@@H]1NC(=O)NC1=O)c1ccc(C)cc1. The number of imide groups is 1. The van der Waals surface area contributed by atoms with Gasteiger partial charge in [-0.2, -0.15) is 0 Å². The molecular weight excluding hydrogens is 396 g/mol. The second-order valence-electron chi connectivity index (χ2n) is 8.72. The van der Waals surface area contributed by atoms with Gasteiger partial charge in [-0.3, -0.25) is 24.6 Å². The van der Waals surface area contributed by atoms with Crippen LogP contribution in [0.3, 0.4) is 0 Å². The van der Waals surface area contributed by atoms with Crippen molar-refractivity contribution < 1.29 is 19.2 Å². The van der Waals surface area contributed by atoms with Gasteiger partial charge in [0.2, 0.25) is 11.8 Å². The minimum Gasteiger partial charge on any atom is -0.351 e. The Morgan fingerprint density at radius 2 is 1.77 bits per heavy atom. The van der Waals surface area contributed by atoms with Crippen LogP contribution in [0, 0.1) is 6.92 Å². The summed E-state index contributed by atoms with van der Waals surface area (Å²) in [6.07, 6.45) is 5.42. The van der Waals surface area contributed by atoms with Gasteiger partial charge in [0, 0.05) is 11.7 Å². The molecule has 8 nitrogen and oxygen atoms in total. The van der Waals surface area contributed by atoms with Crippen molar-refractivity contribution in [1.82, 2.24) is 16.0 Å². The number of amides is 5. The van der Waals surface area contributed by atoms with Gasteiger partial charge in [0.1, 0.15) is 11.6 Å². The van der Waals surface area contributed by atoms with E-state index < -0.39 is 29.4 Å². The van der Waals surface area contributed by atoms with E-state index in [1.54, 1.807) is 6.92 Å². The summed E-state index contributed by atoms with van der Waals surface area (Å²) < 4.78 is 0. The molecule has 2 atom stereocenters. The average Bonchev–Trinajstić information content (AvgIpc) is 3.06. The summed E-state index contributed by atoms with van der Waals surface area (Å²) in [5.41, 5.74) is 0.481. The van der Waals surface area contributed by atoms with Crippen LogP contribution in [-0.2, 0) is 14.4 Å². The van der Waals surface area contributed by atoms with Gasteiger partial charge in [0.15, 0.2) is 0 Å². The Labute approximate surface area is 183 Å². The largest absolute Gasteiger partial charge is 0.351 e. The Kier molecular flexibility index (Phi) is 6.97. The lowest BCUT2D eigenvalue weighted by molar-refractivity contribution is -0.131. The second-order valence-corrected chi connectivity index (χ2v) is 8.72. The molecule has 8 heteroatoms. The molecule has 31 heavy (non-hydrogen) atoms. The summed E-state index contributed by atoms with van der Waals surface area (Å²) >= 11 is 0. The van der Waals surface area contributed by atoms with Crippen molar-refractivity contribution in [3.63, 3.8) is 0 Å². The molecule has 0 aromatic heterocycles. The first-order chi connectivity index (χ1) is 14.7. The second kappa shape index (κ2) is 9.49. The smallest absolute Gasteiger partial charge is 0.322 e. The number of hydrogen-bond acceptors (Lipinski definition) is 4. The van der Waals surface area contributed by atoms with Crippen LogP contribution in [0.25, 0.3) is 0 Å². The summed E-state index contributed by atoms with van der Waals surface area (Å²) in [5, 5.41) is 7.77. The molecule has 0 spiro atoms. The Balaban J connectivity index is 1.89. The number of carbonyl (C=O) groups is 4. The quantitative estimate of drug-likeness (QED) is 0.580. The molecule has 2 aliphatic rings. The van der Waals surface area contributed by atoms with Crippen LogP contribution in [0.5, 0.6) is 0 Å². The van der Waals surface area contributed by atoms with E-state index in [1.807, 2.05) is 38.1 Å². The maximum atomic E-state index is 13.5. The van der Waals surface area contributed by atoms with E-state index in [-0.39, 0.29) is 18.4 Å². The molecule has 0 bridgehead atoms. The predicted octanol–water partition coefficient (Wildman–Crippen LogP) is 2.54. The first-order valence-electron chi connectivity index (χ1n) is 11.1. The highest BCUT2D eigenvalue weighted by Gasteiger charge is 2.44. The topological polar surface area (TPSA) is 108 Å². The van der Waals surface area contributed by atoms with Gasteiger partial charge >= 0.3 is 6.03 Å². The zero-order valence-electron chi connectivity index (χ0n) is 18.5.